The van der Waals surface area contributed by atoms with E-state index in [0.717, 1.165) is 85.5 Å². The number of hydrogen-bond acceptors (Lipinski definition) is 7. The summed E-state index contributed by atoms with van der Waals surface area (Å²) < 4.78 is 19.7. The van der Waals surface area contributed by atoms with E-state index in [0.29, 0.717) is 54.6 Å². The van der Waals surface area contributed by atoms with E-state index in [1.54, 1.807) is 29.2 Å². The number of phenols is 1. The van der Waals surface area contributed by atoms with Gasteiger partial charge in [-0.3, -0.25) is 14.5 Å². The van der Waals surface area contributed by atoms with Crippen LogP contribution in [0.25, 0.3) is 11.3 Å². The topological polar surface area (TPSA) is 96.7 Å². The molecule has 1 N–H and O–H groups in total. The van der Waals surface area contributed by atoms with Gasteiger partial charge in [0.1, 0.15) is 5.75 Å². The van der Waals surface area contributed by atoms with E-state index < -0.39 is 0 Å². The molecule has 1 fully saturated rings. The molecule has 0 spiro atoms. The first-order valence-corrected chi connectivity index (χ1v) is 19.4. The number of benzene rings is 4. The van der Waals surface area contributed by atoms with Gasteiger partial charge in [0.05, 0.1) is 30.9 Å². The lowest BCUT2D eigenvalue weighted by Gasteiger charge is -2.40. The summed E-state index contributed by atoms with van der Waals surface area (Å²) in [6, 6.07) is 29.1. The van der Waals surface area contributed by atoms with Gasteiger partial charge < -0.3 is 33.7 Å². The molecule has 282 valence electrons. The predicted octanol–water partition coefficient (Wildman–Crippen LogP) is 6.98. The lowest BCUT2D eigenvalue weighted by atomic mass is 9.92. The number of anilines is 1. The van der Waals surface area contributed by atoms with E-state index in [9.17, 15) is 9.90 Å². The number of fused-ring (bicyclic) bond motifs is 3. The highest BCUT2D eigenvalue weighted by molar-refractivity contribution is 6.09. The van der Waals surface area contributed by atoms with Gasteiger partial charge in [-0.25, -0.2) is 0 Å². The fraction of sp³-hybridized carbons (Fsp3) is 0.333. The van der Waals surface area contributed by atoms with Crippen LogP contribution in [0.5, 0.6) is 17.2 Å². The molecule has 2 amide bonds. The second-order valence-corrected chi connectivity index (χ2v) is 15.1. The molecule has 10 nitrogen and oxygen atoms in total. The van der Waals surface area contributed by atoms with Crippen molar-refractivity contribution in [3.05, 3.63) is 130 Å². The van der Waals surface area contributed by atoms with E-state index in [1.165, 1.54) is 5.56 Å². The average molecular weight is 739 g/mol. The molecule has 1 aromatic heterocycles. The maximum atomic E-state index is 15.2. The van der Waals surface area contributed by atoms with Crippen molar-refractivity contribution in [1.29, 1.82) is 0 Å². The Kier molecular flexibility index (Phi) is 9.53. The number of ether oxygens (including phenoxy) is 3. The molecule has 9 rings (SSSR count). The van der Waals surface area contributed by atoms with Gasteiger partial charge in [0, 0.05) is 61.4 Å². The molecule has 4 aliphatic heterocycles. The summed E-state index contributed by atoms with van der Waals surface area (Å²) >= 11 is 0. The predicted molar refractivity (Wildman–Crippen MR) is 210 cm³/mol. The minimum absolute atomic E-state index is 0.0301. The van der Waals surface area contributed by atoms with E-state index in [4.69, 9.17) is 14.2 Å². The van der Waals surface area contributed by atoms with Crippen LogP contribution in [0.1, 0.15) is 61.5 Å². The molecule has 4 aromatic carbocycles. The molecular formula is C45H46N4O6. The van der Waals surface area contributed by atoms with Gasteiger partial charge in [-0.2, -0.15) is 0 Å². The highest BCUT2D eigenvalue weighted by atomic mass is 16.7. The lowest BCUT2D eigenvalue weighted by Crippen LogP contribution is -2.52. The number of nitrogens with zero attached hydrogens (tertiary/aromatic N) is 4. The fourth-order valence-electron chi connectivity index (χ4n) is 8.66. The molecule has 5 heterocycles. The second kappa shape index (κ2) is 14.9. The third-order valence-corrected chi connectivity index (χ3v) is 11.7. The van der Waals surface area contributed by atoms with E-state index in [2.05, 4.69) is 40.7 Å². The van der Waals surface area contributed by atoms with Crippen molar-refractivity contribution in [2.24, 2.45) is 0 Å². The molecule has 1 saturated heterocycles. The monoisotopic (exact) mass is 738 g/mol. The van der Waals surface area contributed by atoms with Gasteiger partial charge in [0.15, 0.2) is 11.5 Å². The van der Waals surface area contributed by atoms with Gasteiger partial charge >= 0.3 is 0 Å². The molecule has 0 radical (unpaired) electrons. The Balaban J connectivity index is 1.14. The molecule has 0 bridgehead atoms. The number of aromatic nitrogens is 1. The van der Waals surface area contributed by atoms with Crippen molar-refractivity contribution < 1.29 is 28.9 Å². The molecule has 5 aromatic rings. The third kappa shape index (κ3) is 6.85. The van der Waals surface area contributed by atoms with E-state index in [1.807, 2.05) is 47.4 Å². The smallest absolute Gasteiger partial charge is 0.260 e. The number of rotatable bonds is 8. The van der Waals surface area contributed by atoms with Crippen LogP contribution in [-0.4, -0.2) is 77.0 Å². The molecule has 0 aliphatic carbocycles. The summed E-state index contributed by atoms with van der Waals surface area (Å²) in [4.78, 5) is 36.4. The van der Waals surface area contributed by atoms with Gasteiger partial charge in [0.25, 0.3) is 11.8 Å². The minimum atomic E-state index is -0.127. The average Bonchev–Trinajstić information content (AvgIpc) is 3.85. The third-order valence-electron chi connectivity index (χ3n) is 11.7. The molecular weight excluding hydrogens is 693 g/mol. The van der Waals surface area contributed by atoms with Crippen LogP contribution in [0.15, 0.2) is 91.0 Å². The van der Waals surface area contributed by atoms with Gasteiger partial charge in [-0.15, -0.1) is 0 Å². The number of aromatic hydroxyl groups is 1. The van der Waals surface area contributed by atoms with Gasteiger partial charge in [-0.1, -0.05) is 48.5 Å². The van der Waals surface area contributed by atoms with Crippen LogP contribution in [0.3, 0.4) is 0 Å². The number of amides is 2. The Hall–Kier alpha value is -5.58. The van der Waals surface area contributed by atoms with Crippen LogP contribution < -0.4 is 14.4 Å². The van der Waals surface area contributed by atoms with Crippen molar-refractivity contribution in [1.82, 2.24) is 14.4 Å². The molecule has 1 atom stereocenters. The summed E-state index contributed by atoms with van der Waals surface area (Å²) in [5.41, 5.74) is 8.94. The van der Waals surface area contributed by atoms with Crippen LogP contribution in [-0.2, 0) is 37.2 Å². The summed E-state index contributed by atoms with van der Waals surface area (Å²) in [6.45, 7) is 7.57. The molecule has 55 heavy (non-hydrogen) atoms. The zero-order chi connectivity index (χ0) is 37.5. The maximum absolute atomic E-state index is 15.2. The molecule has 1 unspecified atom stereocenters. The molecule has 0 saturated carbocycles. The largest absolute Gasteiger partial charge is 0.508 e. The SMILES string of the molecule is Cc1ccccc1CN(C(=O)c1cc(-c2cc3c(cc2C(=O)N2Cc4ccccc4CC2CN2CCOCC2)OCO3)n2c1CCCC2)c1ccc(O)cc1. The maximum Gasteiger partial charge on any atom is 0.260 e. The number of carbonyl (C=O) groups excluding carboxylic acids is 2. The van der Waals surface area contributed by atoms with Crippen molar-refractivity contribution in [2.45, 2.75) is 58.3 Å². The fourth-order valence-corrected chi connectivity index (χ4v) is 8.66. The summed E-state index contributed by atoms with van der Waals surface area (Å²) in [5, 5.41) is 10.1. The standard InChI is InChI=1S/C45H46N4O6/c1-30-8-2-3-10-32(30)26-48(34-13-15-36(50)16-14-34)45(52)39-23-41(47-17-7-6-12-40(39)47)37-24-42-43(55-29-54-42)25-38(37)44(51)49-27-33-11-5-4-9-31(33)22-35(49)28-46-18-20-53-21-19-46/h2-5,8-11,13-16,23-25,35,50H,6-7,12,17-22,26-29H2,1H3. The van der Waals surface area contributed by atoms with Crippen molar-refractivity contribution in [3.8, 4) is 28.5 Å². The van der Waals surface area contributed by atoms with Gasteiger partial charge in [0.2, 0.25) is 6.79 Å². The zero-order valence-electron chi connectivity index (χ0n) is 31.2. The summed E-state index contributed by atoms with van der Waals surface area (Å²) in [7, 11) is 0. The number of aryl methyl sites for hydroxylation is 1. The quantitative estimate of drug-likeness (QED) is 0.184. The van der Waals surface area contributed by atoms with Crippen molar-refractivity contribution in [3.63, 3.8) is 0 Å². The van der Waals surface area contributed by atoms with Crippen LogP contribution >= 0.6 is 0 Å². The Morgan fingerprint density at radius 1 is 0.836 bits per heavy atom. The summed E-state index contributed by atoms with van der Waals surface area (Å²) in [6.07, 6.45) is 3.44. The Morgan fingerprint density at radius 3 is 2.38 bits per heavy atom. The van der Waals surface area contributed by atoms with Crippen LogP contribution in [0.4, 0.5) is 5.69 Å². The van der Waals surface area contributed by atoms with Crippen molar-refractivity contribution in [2.75, 3.05) is 44.5 Å². The van der Waals surface area contributed by atoms with E-state index >= 15 is 4.79 Å². The molecule has 4 aliphatic rings. The second-order valence-electron chi connectivity index (χ2n) is 15.1. The minimum Gasteiger partial charge on any atom is -0.508 e. The number of phenolic OH excluding ortho intramolecular Hbond substituents is 1. The number of carbonyl (C=O) groups is 2. The molecule has 10 heteroatoms. The summed E-state index contributed by atoms with van der Waals surface area (Å²) in [5.74, 6) is 1.08. The Labute approximate surface area is 321 Å². The highest BCUT2D eigenvalue weighted by Gasteiger charge is 2.36. The van der Waals surface area contributed by atoms with E-state index in [-0.39, 0.29) is 30.4 Å². The van der Waals surface area contributed by atoms with Crippen LogP contribution in [0, 0.1) is 6.92 Å². The van der Waals surface area contributed by atoms with Crippen molar-refractivity contribution >= 4 is 17.5 Å². The Morgan fingerprint density at radius 2 is 1.58 bits per heavy atom. The first kappa shape index (κ1) is 35.1. The first-order valence-electron chi connectivity index (χ1n) is 19.4. The van der Waals surface area contributed by atoms with Gasteiger partial charge in [-0.05, 0) is 97.3 Å². The first-order chi connectivity index (χ1) is 26.9. The number of morpholine rings is 1. The zero-order valence-corrected chi connectivity index (χ0v) is 31.2. The number of hydrogen-bond donors (Lipinski definition) is 1. The lowest BCUT2D eigenvalue weighted by molar-refractivity contribution is 0.0193. The van der Waals surface area contributed by atoms with Crippen LogP contribution in [0.2, 0.25) is 0 Å². The normalized spacial score (nSPS) is 17.8. The Bertz CT molecular complexity index is 2240. The highest BCUT2D eigenvalue weighted by Crippen LogP contribution is 2.42.